The first-order chi connectivity index (χ1) is 8.05. The van der Waals surface area contributed by atoms with Crippen LogP contribution in [-0.2, 0) is 14.3 Å². The number of hydrogen-bond acceptors (Lipinski definition) is 4. The molecule has 102 valence electrons. The molecule has 17 heavy (non-hydrogen) atoms. The van der Waals surface area contributed by atoms with Crippen LogP contribution in [-0.4, -0.2) is 32.3 Å². The number of nitrogens with two attached hydrogens (primary N) is 1. The highest BCUT2D eigenvalue weighted by atomic mass is 16.5. The van der Waals surface area contributed by atoms with Crippen LogP contribution in [0.1, 0.15) is 40.5 Å². The number of hydrogen-bond donors (Lipinski definition) is 1. The maximum Gasteiger partial charge on any atom is 0.313 e. The zero-order chi connectivity index (χ0) is 13.3. The first-order valence-electron chi connectivity index (χ1n) is 6.50. The molecule has 1 unspecified atom stereocenters. The second-order valence-corrected chi connectivity index (χ2v) is 4.60. The van der Waals surface area contributed by atoms with Crippen LogP contribution >= 0.6 is 0 Å². The Morgan fingerprint density at radius 1 is 1.29 bits per heavy atom. The summed E-state index contributed by atoms with van der Waals surface area (Å²) in [4.78, 5) is 12.0. The molecular formula is C13H27NO3. The lowest BCUT2D eigenvalue weighted by Gasteiger charge is -2.33. The van der Waals surface area contributed by atoms with Crippen LogP contribution in [0.25, 0.3) is 0 Å². The van der Waals surface area contributed by atoms with Crippen molar-refractivity contribution in [3.05, 3.63) is 0 Å². The van der Waals surface area contributed by atoms with Crippen molar-refractivity contribution in [3.8, 4) is 0 Å². The highest BCUT2D eigenvalue weighted by molar-refractivity contribution is 5.77. The van der Waals surface area contributed by atoms with E-state index in [0.29, 0.717) is 26.2 Å². The van der Waals surface area contributed by atoms with E-state index >= 15 is 0 Å². The molecule has 2 N–H and O–H groups in total. The van der Waals surface area contributed by atoms with Crippen molar-refractivity contribution in [1.82, 2.24) is 0 Å². The molecule has 0 aromatic rings. The van der Waals surface area contributed by atoms with Gasteiger partial charge in [0.25, 0.3) is 0 Å². The number of carbonyl (C=O) groups is 1. The molecule has 1 atom stereocenters. The fraction of sp³-hybridized carbons (Fsp3) is 0.923. The summed E-state index contributed by atoms with van der Waals surface area (Å²) in [6.45, 7) is 9.86. The summed E-state index contributed by atoms with van der Waals surface area (Å²) in [5.41, 5.74) is 5.19. The van der Waals surface area contributed by atoms with Crippen LogP contribution in [0.4, 0.5) is 0 Å². The Labute approximate surface area is 105 Å². The van der Waals surface area contributed by atoms with Crippen molar-refractivity contribution in [2.24, 2.45) is 17.1 Å². The molecule has 0 aliphatic heterocycles. The number of esters is 1. The molecule has 4 heteroatoms. The molecule has 0 bridgehead atoms. The second kappa shape index (κ2) is 8.48. The van der Waals surface area contributed by atoms with Gasteiger partial charge >= 0.3 is 5.97 Å². The highest BCUT2D eigenvalue weighted by Crippen LogP contribution is 2.32. The highest BCUT2D eigenvalue weighted by Gasteiger charge is 2.41. The SMILES string of the molecule is CCCOCCC(CN)(C(=O)OCC)C(C)C. The molecule has 0 aliphatic rings. The molecule has 0 spiro atoms. The summed E-state index contributed by atoms with van der Waals surface area (Å²) in [6.07, 6.45) is 1.61. The van der Waals surface area contributed by atoms with Crippen molar-refractivity contribution < 1.29 is 14.3 Å². The third-order valence-corrected chi connectivity index (χ3v) is 3.19. The minimum atomic E-state index is -0.607. The average Bonchev–Trinajstić information content (AvgIpc) is 2.29. The van der Waals surface area contributed by atoms with E-state index in [0.717, 1.165) is 13.0 Å². The second-order valence-electron chi connectivity index (χ2n) is 4.60. The van der Waals surface area contributed by atoms with Crippen molar-refractivity contribution in [2.45, 2.75) is 40.5 Å². The van der Waals surface area contributed by atoms with Gasteiger partial charge in [0.1, 0.15) is 0 Å². The van der Waals surface area contributed by atoms with E-state index in [2.05, 4.69) is 6.92 Å². The van der Waals surface area contributed by atoms with Crippen LogP contribution in [0.2, 0.25) is 0 Å². The minimum absolute atomic E-state index is 0.150. The van der Waals surface area contributed by atoms with Gasteiger partial charge in [-0.3, -0.25) is 4.79 Å². The molecule has 0 heterocycles. The van der Waals surface area contributed by atoms with Gasteiger partial charge in [0, 0.05) is 19.8 Å². The minimum Gasteiger partial charge on any atom is -0.466 e. The fourth-order valence-corrected chi connectivity index (χ4v) is 1.82. The lowest BCUT2D eigenvalue weighted by atomic mass is 9.74. The van der Waals surface area contributed by atoms with Crippen LogP contribution < -0.4 is 5.73 Å². The Balaban J connectivity index is 4.53. The maximum atomic E-state index is 12.0. The van der Waals surface area contributed by atoms with Gasteiger partial charge in [-0.2, -0.15) is 0 Å². The van der Waals surface area contributed by atoms with Gasteiger partial charge in [0.15, 0.2) is 0 Å². The van der Waals surface area contributed by atoms with Gasteiger partial charge in [-0.1, -0.05) is 20.8 Å². The van der Waals surface area contributed by atoms with Crippen molar-refractivity contribution in [1.29, 1.82) is 0 Å². The quantitative estimate of drug-likeness (QED) is 0.498. The molecule has 0 saturated heterocycles. The predicted molar refractivity (Wildman–Crippen MR) is 68.7 cm³/mol. The van der Waals surface area contributed by atoms with E-state index < -0.39 is 5.41 Å². The summed E-state index contributed by atoms with van der Waals surface area (Å²) in [6, 6.07) is 0. The van der Waals surface area contributed by atoms with Gasteiger partial charge in [-0.15, -0.1) is 0 Å². The van der Waals surface area contributed by atoms with E-state index in [9.17, 15) is 4.79 Å². The zero-order valence-electron chi connectivity index (χ0n) is 11.6. The molecule has 0 saturated carbocycles. The molecule has 0 aromatic carbocycles. The summed E-state index contributed by atoms with van der Waals surface area (Å²) < 4.78 is 10.6. The summed E-state index contributed by atoms with van der Waals surface area (Å²) >= 11 is 0. The molecule has 0 radical (unpaired) electrons. The molecule has 0 rings (SSSR count). The van der Waals surface area contributed by atoms with Crippen LogP contribution in [0.5, 0.6) is 0 Å². The molecule has 0 aromatic heterocycles. The van der Waals surface area contributed by atoms with Crippen LogP contribution in [0.15, 0.2) is 0 Å². The lowest BCUT2D eigenvalue weighted by molar-refractivity contribution is -0.159. The molecule has 0 amide bonds. The Bertz CT molecular complexity index is 219. The molecule has 0 fully saturated rings. The van der Waals surface area contributed by atoms with Gasteiger partial charge in [0.05, 0.1) is 12.0 Å². The summed E-state index contributed by atoms with van der Waals surface area (Å²) in [5.74, 6) is -0.0469. The Morgan fingerprint density at radius 3 is 2.35 bits per heavy atom. The molecular weight excluding hydrogens is 218 g/mol. The first kappa shape index (κ1) is 16.4. The van der Waals surface area contributed by atoms with Crippen molar-refractivity contribution in [3.63, 3.8) is 0 Å². The van der Waals surface area contributed by atoms with Gasteiger partial charge < -0.3 is 15.2 Å². The maximum absolute atomic E-state index is 12.0. The third-order valence-electron chi connectivity index (χ3n) is 3.19. The normalized spacial score (nSPS) is 14.7. The predicted octanol–water partition coefficient (Wildman–Crippen LogP) is 1.97. The van der Waals surface area contributed by atoms with Gasteiger partial charge in [-0.05, 0) is 25.7 Å². The Kier molecular flexibility index (Phi) is 8.17. The van der Waals surface area contributed by atoms with Crippen molar-refractivity contribution in [2.75, 3.05) is 26.4 Å². The van der Waals surface area contributed by atoms with Gasteiger partial charge in [0.2, 0.25) is 0 Å². The summed E-state index contributed by atoms with van der Waals surface area (Å²) in [7, 11) is 0. The first-order valence-corrected chi connectivity index (χ1v) is 6.50. The lowest BCUT2D eigenvalue weighted by Crippen LogP contribution is -2.45. The number of ether oxygens (including phenoxy) is 2. The topological polar surface area (TPSA) is 61.5 Å². The third kappa shape index (κ3) is 4.64. The largest absolute Gasteiger partial charge is 0.466 e. The van der Waals surface area contributed by atoms with Gasteiger partial charge in [-0.25, -0.2) is 0 Å². The number of rotatable bonds is 9. The van der Waals surface area contributed by atoms with Crippen LogP contribution in [0, 0.1) is 11.3 Å². The average molecular weight is 245 g/mol. The van der Waals surface area contributed by atoms with E-state index in [1.165, 1.54) is 0 Å². The number of carbonyl (C=O) groups excluding carboxylic acids is 1. The van der Waals surface area contributed by atoms with Crippen molar-refractivity contribution >= 4 is 5.97 Å². The smallest absolute Gasteiger partial charge is 0.313 e. The molecule has 4 nitrogen and oxygen atoms in total. The Hall–Kier alpha value is -0.610. The van der Waals surface area contributed by atoms with E-state index in [1.807, 2.05) is 20.8 Å². The zero-order valence-corrected chi connectivity index (χ0v) is 11.6. The summed E-state index contributed by atoms with van der Waals surface area (Å²) in [5, 5.41) is 0. The van der Waals surface area contributed by atoms with E-state index in [1.54, 1.807) is 0 Å². The Morgan fingerprint density at radius 2 is 1.94 bits per heavy atom. The fourth-order valence-electron chi connectivity index (χ4n) is 1.82. The monoisotopic (exact) mass is 245 g/mol. The van der Waals surface area contributed by atoms with E-state index in [-0.39, 0.29) is 11.9 Å². The molecule has 0 aliphatic carbocycles. The van der Waals surface area contributed by atoms with Crippen LogP contribution in [0.3, 0.4) is 0 Å². The van der Waals surface area contributed by atoms with E-state index in [4.69, 9.17) is 15.2 Å². The standard InChI is InChI=1S/C13H27NO3/c1-5-8-16-9-7-13(10-14,11(3)4)12(15)17-6-2/h11H,5-10,14H2,1-4H3.